The van der Waals surface area contributed by atoms with Gasteiger partial charge in [0, 0.05) is 6.54 Å². The third kappa shape index (κ3) is 2.07. The van der Waals surface area contributed by atoms with E-state index in [0.29, 0.717) is 13.0 Å². The minimum Gasteiger partial charge on any atom is -0.465 e. The lowest BCUT2D eigenvalue weighted by Crippen LogP contribution is -2.65. The van der Waals surface area contributed by atoms with E-state index in [-0.39, 0.29) is 12.0 Å². The first-order valence-electron chi connectivity index (χ1n) is 5.09. The molecule has 1 amide bonds. The van der Waals surface area contributed by atoms with Crippen LogP contribution in [0.5, 0.6) is 0 Å². The molecule has 0 bridgehead atoms. The molecule has 2 atom stereocenters. The van der Waals surface area contributed by atoms with Crippen LogP contribution in [0.1, 0.15) is 27.2 Å². The first kappa shape index (κ1) is 12.2. The molecule has 0 aromatic heterocycles. The van der Waals surface area contributed by atoms with Gasteiger partial charge in [-0.1, -0.05) is 20.8 Å². The average molecular weight is 218 g/mol. The van der Waals surface area contributed by atoms with E-state index in [4.69, 9.17) is 10.8 Å². The van der Waals surface area contributed by atoms with E-state index in [9.17, 15) is 9.18 Å². The lowest BCUT2D eigenvalue weighted by molar-refractivity contribution is 0.00461. The van der Waals surface area contributed by atoms with Gasteiger partial charge in [-0.3, -0.25) is 0 Å². The van der Waals surface area contributed by atoms with E-state index in [1.807, 2.05) is 20.8 Å². The zero-order valence-corrected chi connectivity index (χ0v) is 9.46. The second-order valence-corrected chi connectivity index (χ2v) is 5.24. The molecule has 3 N–H and O–H groups in total. The van der Waals surface area contributed by atoms with Crippen LogP contribution in [0, 0.1) is 5.41 Å². The highest BCUT2D eigenvalue weighted by Crippen LogP contribution is 2.38. The van der Waals surface area contributed by atoms with Gasteiger partial charge in [0.05, 0.1) is 12.1 Å². The maximum absolute atomic E-state index is 13.9. The standard InChI is InChI=1S/C10H19FN2O2/c1-9(2,3)10(12)4-5-13(8(14)15)6-7(10)11/h7H,4-6,12H2,1-3H3,(H,14,15)/t7-,10+/m0/s1. The van der Waals surface area contributed by atoms with Gasteiger partial charge in [0.2, 0.25) is 0 Å². The smallest absolute Gasteiger partial charge is 0.407 e. The maximum atomic E-state index is 13.9. The molecule has 4 nitrogen and oxygen atoms in total. The average Bonchev–Trinajstić information content (AvgIpc) is 2.07. The van der Waals surface area contributed by atoms with Crippen molar-refractivity contribution < 1.29 is 14.3 Å². The molecule has 0 aromatic rings. The second-order valence-electron chi connectivity index (χ2n) is 5.24. The topological polar surface area (TPSA) is 66.6 Å². The molecule has 0 spiro atoms. The molecule has 88 valence electrons. The summed E-state index contributed by atoms with van der Waals surface area (Å²) in [4.78, 5) is 11.8. The Morgan fingerprint density at radius 2 is 2.13 bits per heavy atom. The Labute approximate surface area is 89.2 Å². The predicted molar refractivity (Wildman–Crippen MR) is 55.5 cm³/mol. The summed E-state index contributed by atoms with van der Waals surface area (Å²) in [6.45, 7) is 5.84. The first-order valence-corrected chi connectivity index (χ1v) is 5.09. The van der Waals surface area contributed by atoms with Crippen LogP contribution in [-0.2, 0) is 0 Å². The van der Waals surface area contributed by atoms with Crippen LogP contribution in [0.3, 0.4) is 0 Å². The summed E-state index contributed by atoms with van der Waals surface area (Å²) in [5, 5.41) is 8.75. The van der Waals surface area contributed by atoms with Gasteiger partial charge in [-0.05, 0) is 11.8 Å². The van der Waals surface area contributed by atoms with Crippen molar-refractivity contribution in [1.29, 1.82) is 0 Å². The summed E-state index contributed by atoms with van der Waals surface area (Å²) in [5.74, 6) is 0. The van der Waals surface area contributed by atoms with E-state index in [1.165, 1.54) is 0 Å². The number of piperidine rings is 1. The van der Waals surface area contributed by atoms with Gasteiger partial charge in [0.1, 0.15) is 6.17 Å². The van der Waals surface area contributed by atoms with Gasteiger partial charge in [-0.25, -0.2) is 9.18 Å². The zero-order chi connectivity index (χ0) is 11.9. The number of hydrogen-bond acceptors (Lipinski definition) is 2. The van der Waals surface area contributed by atoms with Crippen molar-refractivity contribution in [3.05, 3.63) is 0 Å². The Hall–Kier alpha value is -0.840. The minimum absolute atomic E-state index is 0.122. The van der Waals surface area contributed by atoms with Crippen molar-refractivity contribution in [2.24, 2.45) is 11.1 Å². The number of alkyl halides is 1. The number of halogens is 1. The van der Waals surface area contributed by atoms with Crippen LogP contribution in [-0.4, -0.2) is 40.9 Å². The lowest BCUT2D eigenvalue weighted by atomic mass is 9.68. The first-order chi connectivity index (χ1) is 6.68. The van der Waals surface area contributed by atoms with Crippen molar-refractivity contribution in [2.75, 3.05) is 13.1 Å². The number of rotatable bonds is 0. The third-order valence-corrected chi connectivity index (χ3v) is 3.40. The van der Waals surface area contributed by atoms with Crippen LogP contribution >= 0.6 is 0 Å². The molecule has 5 heteroatoms. The summed E-state index contributed by atoms with van der Waals surface area (Å²) in [5.41, 5.74) is 4.75. The highest BCUT2D eigenvalue weighted by molar-refractivity contribution is 5.65. The van der Waals surface area contributed by atoms with E-state index < -0.39 is 17.8 Å². The quantitative estimate of drug-likeness (QED) is 0.646. The Bertz CT molecular complexity index is 265. The summed E-state index contributed by atoms with van der Waals surface area (Å²) < 4.78 is 13.9. The molecule has 1 fully saturated rings. The fraction of sp³-hybridized carbons (Fsp3) is 0.900. The Morgan fingerprint density at radius 3 is 2.47 bits per heavy atom. The SMILES string of the molecule is CC(C)(C)[C@@]1(N)CCN(C(=O)O)C[C@@H]1F. The number of carboxylic acid groups (broad SMARTS) is 1. The molecule has 0 radical (unpaired) electrons. The van der Waals surface area contributed by atoms with Crippen molar-refractivity contribution >= 4 is 6.09 Å². The number of amides is 1. The number of carbonyl (C=O) groups is 1. The maximum Gasteiger partial charge on any atom is 0.407 e. The Morgan fingerprint density at radius 1 is 1.60 bits per heavy atom. The van der Waals surface area contributed by atoms with Crippen LogP contribution < -0.4 is 5.73 Å². The van der Waals surface area contributed by atoms with Crippen molar-refractivity contribution in [3.63, 3.8) is 0 Å². The number of nitrogens with two attached hydrogens (primary N) is 1. The Kier molecular flexibility index (Phi) is 2.96. The third-order valence-electron chi connectivity index (χ3n) is 3.40. The van der Waals surface area contributed by atoms with Crippen molar-refractivity contribution in [1.82, 2.24) is 4.90 Å². The molecular weight excluding hydrogens is 199 g/mol. The van der Waals surface area contributed by atoms with E-state index in [0.717, 1.165) is 4.90 Å². The summed E-state index contributed by atoms with van der Waals surface area (Å²) in [6, 6.07) is 0. The molecule has 1 aliphatic rings. The highest BCUT2D eigenvalue weighted by Gasteiger charge is 2.49. The molecule has 1 rings (SSSR count). The van der Waals surface area contributed by atoms with Gasteiger partial charge in [0.15, 0.2) is 0 Å². The number of nitrogens with zero attached hydrogens (tertiary/aromatic N) is 1. The number of hydrogen-bond donors (Lipinski definition) is 2. The normalized spacial score (nSPS) is 32.9. The molecule has 0 aliphatic carbocycles. The summed E-state index contributed by atoms with van der Waals surface area (Å²) >= 11 is 0. The molecule has 0 unspecified atom stereocenters. The van der Waals surface area contributed by atoms with Crippen LogP contribution in [0.4, 0.5) is 9.18 Å². The Balaban J connectivity index is 2.80. The molecule has 1 aliphatic heterocycles. The molecule has 1 saturated heterocycles. The van der Waals surface area contributed by atoms with Gasteiger partial charge in [0.25, 0.3) is 0 Å². The van der Waals surface area contributed by atoms with Crippen LogP contribution in [0.15, 0.2) is 0 Å². The fourth-order valence-electron chi connectivity index (χ4n) is 1.94. The summed E-state index contributed by atoms with van der Waals surface area (Å²) in [6.07, 6.45) is -2.01. The van der Waals surface area contributed by atoms with Gasteiger partial charge in [-0.2, -0.15) is 0 Å². The monoisotopic (exact) mass is 218 g/mol. The molecule has 1 heterocycles. The lowest BCUT2D eigenvalue weighted by Gasteiger charge is -2.48. The molecule has 0 aromatic carbocycles. The van der Waals surface area contributed by atoms with Crippen molar-refractivity contribution in [2.45, 2.75) is 38.9 Å². The minimum atomic E-state index is -1.30. The second kappa shape index (κ2) is 3.63. The van der Waals surface area contributed by atoms with E-state index in [2.05, 4.69) is 0 Å². The van der Waals surface area contributed by atoms with Crippen LogP contribution in [0.2, 0.25) is 0 Å². The molecular formula is C10H19FN2O2. The van der Waals surface area contributed by atoms with Crippen molar-refractivity contribution in [3.8, 4) is 0 Å². The van der Waals surface area contributed by atoms with E-state index in [1.54, 1.807) is 0 Å². The van der Waals surface area contributed by atoms with Crippen LogP contribution in [0.25, 0.3) is 0 Å². The largest absolute Gasteiger partial charge is 0.465 e. The van der Waals surface area contributed by atoms with Gasteiger partial charge < -0.3 is 15.7 Å². The molecule has 15 heavy (non-hydrogen) atoms. The van der Waals surface area contributed by atoms with Gasteiger partial charge >= 0.3 is 6.09 Å². The zero-order valence-electron chi connectivity index (χ0n) is 9.46. The number of likely N-dealkylation sites (tertiary alicyclic amines) is 1. The molecule has 0 saturated carbocycles. The van der Waals surface area contributed by atoms with E-state index >= 15 is 0 Å². The predicted octanol–water partition coefficient (Wildman–Crippen LogP) is 1.45. The fourth-order valence-corrected chi connectivity index (χ4v) is 1.94. The highest BCUT2D eigenvalue weighted by atomic mass is 19.1. The van der Waals surface area contributed by atoms with Gasteiger partial charge in [-0.15, -0.1) is 0 Å². The summed E-state index contributed by atoms with van der Waals surface area (Å²) in [7, 11) is 0.